The van der Waals surface area contributed by atoms with Crippen LogP contribution in [0.25, 0.3) is 0 Å². The Balaban J connectivity index is 2.36. The number of halogens is 4. The monoisotopic (exact) mass is 293 g/mol. The fourth-order valence-corrected chi connectivity index (χ4v) is 3.60. The Morgan fingerprint density at radius 1 is 1.29 bits per heavy atom. The molecule has 0 radical (unpaired) electrons. The van der Waals surface area contributed by atoms with Gasteiger partial charge in [-0.3, -0.25) is 0 Å². The number of hydrogen-bond donors (Lipinski definition) is 1. The van der Waals surface area contributed by atoms with Gasteiger partial charge in [-0.05, 0) is 19.3 Å². The van der Waals surface area contributed by atoms with Gasteiger partial charge in [0.05, 0.1) is 5.75 Å². The lowest BCUT2D eigenvalue weighted by Crippen LogP contribution is -2.39. The molecule has 0 aromatic carbocycles. The number of alkyl halides is 4. The van der Waals surface area contributed by atoms with Gasteiger partial charge < -0.3 is 0 Å². The van der Waals surface area contributed by atoms with Crippen molar-refractivity contribution < 1.29 is 21.6 Å². The summed E-state index contributed by atoms with van der Waals surface area (Å²) in [5.41, 5.74) is 0. The molecule has 8 heteroatoms. The molecular weight excluding hydrogens is 279 g/mol. The first kappa shape index (κ1) is 15.0. The highest BCUT2D eigenvalue weighted by molar-refractivity contribution is 7.89. The third-order valence-corrected chi connectivity index (χ3v) is 4.65. The molecule has 17 heavy (non-hydrogen) atoms. The molecular formula is C9H15ClF3NO2S. The molecule has 2 atom stereocenters. The maximum Gasteiger partial charge on any atom is 0.389 e. The van der Waals surface area contributed by atoms with Crippen molar-refractivity contribution in [2.75, 3.05) is 5.75 Å². The Hall–Kier alpha value is -0.0100. The molecule has 1 rings (SSSR count). The molecule has 0 heterocycles. The molecule has 0 aliphatic heterocycles. The second-order valence-electron chi connectivity index (χ2n) is 4.21. The zero-order valence-corrected chi connectivity index (χ0v) is 10.7. The van der Waals surface area contributed by atoms with E-state index in [9.17, 15) is 21.6 Å². The first-order valence-electron chi connectivity index (χ1n) is 5.40. The molecule has 0 saturated heterocycles. The summed E-state index contributed by atoms with van der Waals surface area (Å²) in [7, 11) is -3.65. The second kappa shape index (κ2) is 5.75. The summed E-state index contributed by atoms with van der Waals surface area (Å²) in [5.74, 6) is -0.507. The molecule has 0 aromatic heterocycles. The van der Waals surface area contributed by atoms with Gasteiger partial charge >= 0.3 is 6.18 Å². The van der Waals surface area contributed by atoms with E-state index in [-0.39, 0.29) is 11.4 Å². The fourth-order valence-electron chi connectivity index (χ4n) is 1.80. The Kier molecular flexibility index (Phi) is 5.09. The summed E-state index contributed by atoms with van der Waals surface area (Å²) in [6, 6.07) is -0.340. The molecule has 1 aliphatic carbocycles. The van der Waals surface area contributed by atoms with Gasteiger partial charge in [0.15, 0.2) is 0 Å². The van der Waals surface area contributed by atoms with Gasteiger partial charge in [-0.25, -0.2) is 13.1 Å². The van der Waals surface area contributed by atoms with E-state index in [0.717, 1.165) is 12.8 Å². The second-order valence-corrected chi connectivity index (χ2v) is 6.64. The highest BCUT2D eigenvalue weighted by Crippen LogP contribution is 2.25. The lowest BCUT2D eigenvalue weighted by molar-refractivity contribution is -0.134. The third-order valence-electron chi connectivity index (χ3n) is 2.64. The molecule has 0 amide bonds. The van der Waals surface area contributed by atoms with Gasteiger partial charge in [0.2, 0.25) is 10.0 Å². The van der Waals surface area contributed by atoms with E-state index in [1.807, 2.05) is 0 Å². The molecule has 1 fully saturated rings. The Bertz CT molecular complexity index is 345. The zero-order chi connectivity index (χ0) is 13.1. The standard InChI is InChI=1S/C9H15ClF3NO2S/c10-7-3-1-4-8(7)14-17(15,16)6-2-5-9(11,12)13/h7-8,14H,1-6H2. The highest BCUT2D eigenvalue weighted by atomic mass is 35.5. The van der Waals surface area contributed by atoms with Gasteiger partial charge in [0.25, 0.3) is 0 Å². The minimum absolute atomic E-state index is 0.257. The maximum absolute atomic E-state index is 11.9. The van der Waals surface area contributed by atoms with Gasteiger partial charge in [-0.15, -0.1) is 11.6 Å². The summed E-state index contributed by atoms with van der Waals surface area (Å²) in [5, 5.41) is -0.257. The van der Waals surface area contributed by atoms with E-state index in [4.69, 9.17) is 11.6 Å². The van der Waals surface area contributed by atoms with Gasteiger partial charge in [0.1, 0.15) is 0 Å². The lowest BCUT2D eigenvalue weighted by Gasteiger charge is -2.16. The third kappa shape index (κ3) is 5.92. The quantitative estimate of drug-likeness (QED) is 0.791. The summed E-state index contributed by atoms with van der Waals surface area (Å²) in [4.78, 5) is 0. The van der Waals surface area contributed by atoms with Crippen molar-refractivity contribution in [3.63, 3.8) is 0 Å². The van der Waals surface area contributed by atoms with Crippen LogP contribution in [0.15, 0.2) is 0 Å². The number of rotatable bonds is 5. The molecule has 0 aromatic rings. The van der Waals surface area contributed by atoms with E-state index in [2.05, 4.69) is 4.72 Å². The average molecular weight is 294 g/mol. The van der Waals surface area contributed by atoms with Gasteiger partial charge in [-0.2, -0.15) is 13.2 Å². The Labute approximate surface area is 104 Å². The Morgan fingerprint density at radius 2 is 1.94 bits per heavy atom. The van der Waals surface area contributed by atoms with Crippen LogP contribution in [0.5, 0.6) is 0 Å². The van der Waals surface area contributed by atoms with E-state index in [1.165, 1.54) is 0 Å². The van der Waals surface area contributed by atoms with Gasteiger partial charge in [0, 0.05) is 17.8 Å². The summed E-state index contributed by atoms with van der Waals surface area (Å²) in [6.07, 6.45) is -3.59. The van der Waals surface area contributed by atoms with Crippen molar-refractivity contribution in [3.05, 3.63) is 0 Å². The maximum atomic E-state index is 11.9. The largest absolute Gasteiger partial charge is 0.389 e. The molecule has 1 aliphatic rings. The normalized spacial score (nSPS) is 26.4. The number of hydrogen-bond acceptors (Lipinski definition) is 2. The molecule has 102 valence electrons. The Morgan fingerprint density at radius 3 is 2.41 bits per heavy atom. The fraction of sp³-hybridized carbons (Fsp3) is 1.00. The van der Waals surface area contributed by atoms with Crippen LogP contribution < -0.4 is 4.72 Å². The zero-order valence-electron chi connectivity index (χ0n) is 9.13. The van der Waals surface area contributed by atoms with Crippen LogP contribution in [0.4, 0.5) is 13.2 Å². The van der Waals surface area contributed by atoms with E-state index >= 15 is 0 Å². The lowest BCUT2D eigenvalue weighted by atomic mass is 10.3. The SMILES string of the molecule is O=S(=O)(CCCC(F)(F)F)NC1CCCC1Cl. The summed E-state index contributed by atoms with van der Waals surface area (Å²) >= 11 is 5.88. The molecule has 1 N–H and O–H groups in total. The van der Waals surface area contributed by atoms with Crippen LogP contribution in [-0.4, -0.2) is 31.8 Å². The van der Waals surface area contributed by atoms with E-state index in [1.54, 1.807) is 0 Å². The van der Waals surface area contributed by atoms with Crippen LogP contribution in [0.2, 0.25) is 0 Å². The van der Waals surface area contributed by atoms with Crippen LogP contribution in [0, 0.1) is 0 Å². The predicted molar refractivity (Wildman–Crippen MR) is 59.5 cm³/mol. The molecule has 2 unspecified atom stereocenters. The van der Waals surface area contributed by atoms with Crippen LogP contribution >= 0.6 is 11.6 Å². The minimum atomic E-state index is -4.31. The van der Waals surface area contributed by atoms with Crippen LogP contribution in [-0.2, 0) is 10.0 Å². The topological polar surface area (TPSA) is 46.2 Å². The van der Waals surface area contributed by atoms with Crippen molar-refractivity contribution in [3.8, 4) is 0 Å². The van der Waals surface area contributed by atoms with E-state index in [0.29, 0.717) is 6.42 Å². The van der Waals surface area contributed by atoms with Crippen molar-refractivity contribution >= 4 is 21.6 Å². The van der Waals surface area contributed by atoms with Crippen molar-refractivity contribution in [2.24, 2.45) is 0 Å². The molecule has 3 nitrogen and oxygen atoms in total. The average Bonchev–Trinajstić information content (AvgIpc) is 2.48. The molecule has 1 saturated carbocycles. The van der Waals surface area contributed by atoms with Crippen molar-refractivity contribution in [2.45, 2.75) is 49.7 Å². The first-order valence-corrected chi connectivity index (χ1v) is 7.49. The first-order chi connectivity index (χ1) is 7.70. The number of sulfonamides is 1. The number of nitrogens with one attached hydrogen (secondary N) is 1. The van der Waals surface area contributed by atoms with Crippen molar-refractivity contribution in [1.29, 1.82) is 0 Å². The smallest absolute Gasteiger partial charge is 0.212 e. The molecule has 0 bridgehead atoms. The predicted octanol–water partition coefficient (Wildman–Crippen LogP) is 2.41. The minimum Gasteiger partial charge on any atom is -0.212 e. The highest BCUT2D eigenvalue weighted by Gasteiger charge is 2.31. The van der Waals surface area contributed by atoms with Crippen LogP contribution in [0.1, 0.15) is 32.1 Å². The van der Waals surface area contributed by atoms with Crippen LogP contribution in [0.3, 0.4) is 0 Å². The summed E-state index contributed by atoms with van der Waals surface area (Å²) < 4.78 is 60.9. The summed E-state index contributed by atoms with van der Waals surface area (Å²) in [6.45, 7) is 0. The molecule has 0 spiro atoms. The van der Waals surface area contributed by atoms with Crippen molar-refractivity contribution in [1.82, 2.24) is 4.72 Å². The van der Waals surface area contributed by atoms with E-state index < -0.39 is 34.8 Å². The van der Waals surface area contributed by atoms with Gasteiger partial charge in [-0.1, -0.05) is 6.42 Å².